The average Bonchev–Trinajstić information content (AvgIpc) is 2.82. The van der Waals surface area contributed by atoms with Crippen LogP contribution in [0, 0.1) is 18.5 Å². The third-order valence-corrected chi connectivity index (χ3v) is 4.60. The molecule has 0 aliphatic rings. The third kappa shape index (κ3) is 3.35. The van der Waals surface area contributed by atoms with Gasteiger partial charge in [0, 0.05) is 16.4 Å². The van der Waals surface area contributed by atoms with Crippen LogP contribution in [-0.4, -0.2) is 16.0 Å². The van der Waals surface area contributed by atoms with Crippen LogP contribution in [-0.2, 0) is 0 Å². The standard InChI is InChI=1S/C18H16BrN3S/c1-12-8-9-17(16(19)10-12)20-11-15-13(2)21-22(18(15)23)14-6-4-3-5-7-14/h3-11,21H,1-2H3. The average molecular weight is 386 g/mol. The minimum atomic E-state index is 0.723. The fraction of sp³-hybridized carbons (Fsp3) is 0.111. The molecule has 1 N–H and O–H groups in total. The summed E-state index contributed by atoms with van der Waals surface area (Å²) in [5.41, 5.74) is 5.01. The summed E-state index contributed by atoms with van der Waals surface area (Å²) in [6.45, 7) is 4.06. The van der Waals surface area contributed by atoms with Crippen LogP contribution < -0.4 is 0 Å². The normalized spacial score (nSPS) is 11.3. The predicted octanol–water partition coefficient (Wildman–Crippen LogP) is 5.66. The van der Waals surface area contributed by atoms with E-state index in [4.69, 9.17) is 12.2 Å². The summed E-state index contributed by atoms with van der Waals surface area (Å²) in [5, 5.41) is 3.30. The van der Waals surface area contributed by atoms with Crippen molar-refractivity contribution in [3.8, 4) is 5.69 Å². The van der Waals surface area contributed by atoms with Crippen LogP contribution in [0.3, 0.4) is 0 Å². The Kier molecular flexibility index (Phi) is 4.59. The number of H-pyrrole nitrogens is 1. The van der Waals surface area contributed by atoms with Gasteiger partial charge in [0.1, 0.15) is 4.64 Å². The van der Waals surface area contributed by atoms with E-state index in [2.05, 4.69) is 39.0 Å². The van der Waals surface area contributed by atoms with Crippen molar-refractivity contribution in [3.63, 3.8) is 0 Å². The molecule has 0 saturated carbocycles. The topological polar surface area (TPSA) is 33.1 Å². The van der Waals surface area contributed by atoms with Crippen molar-refractivity contribution in [1.29, 1.82) is 0 Å². The zero-order chi connectivity index (χ0) is 16.4. The second-order valence-electron chi connectivity index (χ2n) is 5.34. The summed E-state index contributed by atoms with van der Waals surface area (Å²) in [6.07, 6.45) is 1.82. The number of aryl methyl sites for hydroxylation is 2. The molecule has 0 spiro atoms. The van der Waals surface area contributed by atoms with Gasteiger partial charge in [0.25, 0.3) is 0 Å². The molecule has 5 heteroatoms. The molecule has 0 atom stereocenters. The molecule has 0 bridgehead atoms. The number of nitrogens with one attached hydrogen (secondary N) is 1. The molecular weight excluding hydrogens is 370 g/mol. The summed E-state index contributed by atoms with van der Waals surface area (Å²) in [6, 6.07) is 16.1. The van der Waals surface area contributed by atoms with E-state index >= 15 is 0 Å². The number of halogens is 1. The lowest BCUT2D eigenvalue weighted by molar-refractivity contribution is 0.853. The number of rotatable bonds is 3. The summed E-state index contributed by atoms with van der Waals surface area (Å²) >= 11 is 9.14. The van der Waals surface area contributed by atoms with Gasteiger partial charge < -0.3 is 0 Å². The first kappa shape index (κ1) is 15.9. The second-order valence-corrected chi connectivity index (χ2v) is 6.58. The molecule has 0 fully saturated rings. The molecule has 1 heterocycles. The Morgan fingerprint density at radius 2 is 1.87 bits per heavy atom. The number of hydrogen-bond donors (Lipinski definition) is 1. The highest BCUT2D eigenvalue weighted by Crippen LogP contribution is 2.26. The van der Waals surface area contributed by atoms with Gasteiger partial charge in [-0.1, -0.05) is 36.5 Å². The van der Waals surface area contributed by atoms with Crippen LogP contribution in [0.4, 0.5) is 5.69 Å². The minimum absolute atomic E-state index is 0.723. The summed E-state index contributed by atoms with van der Waals surface area (Å²) < 4.78 is 3.60. The van der Waals surface area contributed by atoms with Crippen molar-refractivity contribution in [2.75, 3.05) is 0 Å². The number of aromatic amines is 1. The minimum Gasteiger partial charge on any atom is -0.297 e. The Balaban J connectivity index is 2.00. The van der Waals surface area contributed by atoms with E-state index in [0.717, 1.165) is 31.7 Å². The van der Waals surface area contributed by atoms with Crippen LogP contribution in [0.1, 0.15) is 16.8 Å². The van der Waals surface area contributed by atoms with Gasteiger partial charge in [0.05, 0.1) is 16.9 Å². The maximum absolute atomic E-state index is 5.59. The lowest BCUT2D eigenvalue weighted by atomic mass is 10.2. The number of para-hydroxylation sites is 1. The van der Waals surface area contributed by atoms with Crippen LogP contribution in [0.5, 0.6) is 0 Å². The summed E-state index contributed by atoms with van der Waals surface area (Å²) in [5.74, 6) is 0. The number of benzene rings is 2. The second kappa shape index (κ2) is 6.64. The quantitative estimate of drug-likeness (QED) is 0.457. The van der Waals surface area contributed by atoms with E-state index in [1.54, 1.807) is 0 Å². The number of aliphatic imine (C=N–C) groups is 1. The van der Waals surface area contributed by atoms with Crippen LogP contribution in [0.15, 0.2) is 58.0 Å². The van der Waals surface area contributed by atoms with E-state index in [1.807, 2.05) is 60.3 Å². The summed E-state index contributed by atoms with van der Waals surface area (Å²) in [7, 11) is 0. The Bertz CT molecular complexity index is 923. The molecule has 23 heavy (non-hydrogen) atoms. The molecule has 0 saturated heterocycles. The van der Waals surface area contributed by atoms with Crippen molar-refractivity contribution in [3.05, 3.63) is 74.5 Å². The van der Waals surface area contributed by atoms with Crippen molar-refractivity contribution < 1.29 is 0 Å². The highest BCUT2D eigenvalue weighted by Gasteiger charge is 2.07. The largest absolute Gasteiger partial charge is 0.297 e. The predicted molar refractivity (Wildman–Crippen MR) is 102 cm³/mol. The molecule has 3 aromatic rings. The molecule has 0 unspecified atom stereocenters. The molecule has 0 aliphatic heterocycles. The summed E-state index contributed by atoms with van der Waals surface area (Å²) in [4.78, 5) is 4.57. The Hall–Kier alpha value is -1.98. The van der Waals surface area contributed by atoms with Crippen LogP contribution >= 0.6 is 28.1 Å². The zero-order valence-electron chi connectivity index (χ0n) is 12.9. The monoisotopic (exact) mass is 385 g/mol. The molecule has 0 amide bonds. The van der Waals surface area contributed by atoms with E-state index in [9.17, 15) is 0 Å². The Morgan fingerprint density at radius 1 is 1.13 bits per heavy atom. The SMILES string of the molecule is Cc1ccc(N=Cc2c(C)[nH]n(-c3ccccc3)c2=S)c(Br)c1. The number of nitrogens with zero attached hydrogens (tertiary/aromatic N) is 2. The van der Waals surface area contributed by atoms with E-state index in [-0.39, 0.29) is 0 Å². The van der Waals surface area contributed by atoms with Gasteiger partial charge in [-0.25, -0.2) is 4.68 Å². The lowest BCUT2D eigenvalue weighted by Gasteiger charge is -2.01. The van der Waals surface area contributed by atoms with Gasteiger partial charge in [0.15, 0.2) is 0 Å². The molecule has 0 aliphatic carbocycles. The van der Waals surface area contributed by atoms with Gasteiger partial charge in [-0.2, -0.15) is 0 Å². The van der Waals surface area contributed by atoms with Gasteiger partial charge in [0.2, 0.25) is 0 Å². The molecule has 2 aromatic carbocycles. The van der Waals surface area contributed by atoms with Crippen LogP contribution in [0.25, 0.3) is 5.69 Å². The highest BCUT2D eigenvalue weighted by atomic mass is 79.9. The lowest BCUT2D eigenvalue weighted by Crippen LogP contribution is -1.95. The fourth-order valence-electron chi connectivity index (χ4n) is 2.32. The van der Waals surface area contributed by atoms with Gasteiger partial charge >= 0.3 is 0 Å². The smallest absolute Gasteiger partial charge is 0.136 e. The van der Waals surface area contributed by atoms with Gasteiger partial charge in [-0.05, 0) is 59.6 Å². The van der Waals surface area contributed by atoms with E-state index in [0.29, 0.717) is 0 Å². The molecule has 1 aromatic heterocycles. The van der Waals surface area contributed by atoms with Crippen LogP contribution in [0.2, 0.25) is 0 Å². The van der Waals surface area contributed by atoms with Crippen molar-refractivity contribution >= 4 is 40.0 Å². The Morgan fingerprint density at radius 3 is 2.57 bits per heavy atom. The van der Waals surface area contributed by atoms with Gasteiger partial charge in [-0.3, -0.25) is 10.1 Å². The molecule has 3 rings (SSSR count). The highest BCUT2D eigenvalue weighted by molar-refractivity contribution is 9.10. The maximum atomic E-state index is 5.59. The fourth-order valence-corrected chi connectivity index (χ4v) is 3.27. The van der Waals surface area contributed by atoms with Gasteiger partial charge in [-0.15, -0.1) is 0 Å². The number of hydrogen-bond acceptors (Lipinski definition) is 2. The van der Waals surface area contributed by atoms with E-state index < -0.39 is 0 Å². The Labute approximate surface area is 148 Å². The zero-order valence-corrected chi connectivity index (χ0v) is 15.3. The van der Waals surface area contributed by atoms with Crippen molar-refractivity contribution in [1.82, 2.24) is 9.78 Å². The van der Waals surface area contributed by atoms with E-state index in [1.165, 1.54) is 5.56 Å². The maximum Gasteiger partial charge on any atom is 0.136 e. The first-order valence-electron chi connectivity index (χ1n) is 7.23. The molecule has 3 nitrogen and oxygen atoms in total. The third-order valence-electron chi connectivity index (χ3n) is 3.57. The molecule has 116 valence electrons. The molecular formula is C18H16BrN3S. The first-order valence-corrected chi connectivity index (χ1v) is 8.43. The molecule has 0 radical (unpaired) electrons. The first-order chi connectivity index (χ1) is 11.1. The van der Waals surface area contributed by atoms with Crippen molar-refractivity contribution in [2.24, 2.45) is 4.99 Å². The number of aromatic nitrogens is 2. The van der Waals surface area contributed by atoms with Crippen molar-refractivity contribution in [2.45, 2.75) is 13.8 Å².